The topological polar surface area (TPSA) is 45.2 Å². The highest BCUT2D eigenvalue weighted by atomic mass is 79.9. The second kappa shape index (κ2) is 6.18. The second-order valence-electron chi connectivity index (χ2n) is 4.58. The Hall–Kier alpha value is -1.10. The van der Waals surface area contributed by atoms with Crippen LogP contribution in [0.1, 0.15) is 24.8 Å². The van der Waals surface area contributed by atoms with E-state index in [4.69, 9.17) is 0 Å². The van der Waals surface area contributed by atoms with Gasteiger partial charge < -0.3 is 10.2 Å². The number of nitrogens with one attached hydrogen (secondary N) is 1. The number of carbonyl (C=O) groups is 1. The van der Waals surface area contributed by atoms with E-state index in [-0.39, 0.29) is 5.91 Å². The Bertz CT molecular complexity index is 430. The molecule has 18 heavy (non-hydrogen) atoms. The number of carbonyl (C=O) groups excluding carboxylic acids is 1. The normalized spacial score (nSPS) is 14.9. The number of amides is 1. The number of pyridine rings is 1. The highest BCUT2D eigenvalue weighted by Gasteiger charge is 2.16. The molecule has 2 rings (SSSR count). The van der Waals surface area contributed by atoms with Crippen LogP contribution in [0.15, 0.2) is 16.7 Å². The smallest absolute Gasteiger partial charge is 0.224 e. The standard InChI is InChI=1S/C13H18BrN3O/c1-10-8-12(16-9-11(10)14)15-5-4-13(18)17-6-2-3-7-17/h8-9H,2-7H2,1H3,(H,15,16). The molecule has 0 atom stereocenters. The minimum atomic E-state index is 0.244. The minimum absolute atomic E-state index is 0.244. The average Bonchev–Trinajstić information content (AvgIpc) is 2.87. The van der Waals surface area contributed by atoms with Crippen LogP contribution in [0.3, 0.4) is 0 Å². The maximum absolute atomic E-state index is 11.8. The Morgan fingerprint density at radius 3 is 2.89 bits per heavy atom. The molecule has 0 aliphatic carbocycles. The fraction of sp³-hybridized carbons (Fsp3) is 0.538. The number of hydrogen-bond acceptors (Lipinski definition) is 3. The molecule has 0 spiro atoms. The molecule has 0 unspecified atom stereocenters. The molecule has 4 nitrogen and oxygen atoms in total. The van der Waals surface area contributed by atoms with Gasteiger partial charge in [-0.3, -0.25) is 4.79 Å². The summed E-state index contributed by atoms with van der Waals surface area (Å²) >= 11 is 3.41. The van der Waals surface area contributed by atoms with Crippen LogP contribution in [0.5, 0.6) is 0 Å². The van der Waals surface area contributed by atoms with Gasteiger partial charge in [0.25, 0.3) is 0 Å². The Morgan fingerprint density at radius 2 is 2.22 bits per heavy atom. The zero-order chi connectivity index (χ0) is 13.0. The van der Waals surface area contributed by atoms with E-state index >= 15 is 0 Å². The maximum atomic E-state index is 11.8. The van der Waals surface area contributed by atoms with Crippen molar-refractivity contribution in [1.29, 1.82) is 0 Å². The van der Waals surface area contributed by atoms with E-state index in [1.807, 2.05) is 17.9 Å². The van der Waals surface area contributed by atoms with Crippen molar-refractivity contribution >= 4 is 27.7 Å². The minimum Gasteiger partial charge on any atom is -0.370 e. The third-order valence-electron chi connectivity index (χ3n) is 3.15. The Labute approximate surface area is 116 Å². The van der Waals surface area contributed by atoms with E-state index in [1.54, 1.807) is 6.20 Å². The first-order valence-electron chi connectivity index (χ1n) is 6.30. The van der Waals surface area contributed by atoms with Gasteiger partial charge in [-0.15, -0.1) is 0 Å². The molecule has 2 heterocycles. The zero-order valence-electron chi connectivity index (χ0n) is 10.6. The van der Waals surface area contributed by atoms with Crippen molar-refractivity contribution < 1.29 is 4.79 Å². The molecule has 0 bridgehead atoms. The summed E-state index contributed by atoms with van der Waals surface area (Å²) in [5.74, 6) is 1.07. The van der Waals surface area contributed by atoms with Gasteiger partial charge in [-0.2, -0.15) is 0 Å². The monoisotopic (exact) mass is 311 g/mol. The van der Waals surface area contributed by atoms with Crippen LogP contribution < -0.4 is 5.32 Å². The molecule has 1 aromatic rings. The molecule has 0 radical (unpaired) electrons. The number of likely N-dealkylation sites (tertiary alicyclic amines) is 1. The first-order valence-corrected chi connectivity index (χ1v) is 7.10. The fourth-order valence-electron chi connectivity index (χ4n) is 2.06. The van der Waals surface area contributed by atoms with Crippen molar-refractivity contribution in [1.82, 2.24) is 9.88 Å². The molecular formula is C13H18BrN3O. The van der Waals surface area contributed by atoms with Crippen molar-refractivity contribution in [3.63, 3.8) is 0 Å². The van der Waals surface area contributed by atoms with E-state index in [2.05, 4.69) is 26.2 Å². The van der Waals surface area contributed by atoms with E-state index in [0.29, 0.717) is 13.0 Å². The number of halogens is 1. The van der Waals surface area contributed by atoms with Crippen LogP contribution in [-0.4, -0.2) is 35.4 Å². The van der Waals surface area contributed by atoms with Gasteiger partial charge in [0, 0.05) is 36.7 Å². The van der Waals surface area contributed by atoms with Gasteiger partial charge in [0.2, 0.25) is 5.91 Å². The molecule has 1 amide bonds. The lowest BCUT2D eigenvalue weighted by Gasteiger charge is -2.15. The molecule has 5 heteroatoms. The summed E-state index contributed by atoms with van der Waals surface area (Å²) in [5.41, 5.74) is 1.14. The first kappa shape index (κ1) is 13.3. The Balaban J connectivity index is 1.77. The number of aryl methyl sites for hydroxylation is 1. The van der Waals surface area contributed by atoms with Gasteiger partial charge in [0.05, 0.1) is 0 Å². The van der Waals surface area contributed by atoms with Crippen molar-refractivity contribution in [3.8, 4) is 0 Å². The van der Waals surface area contributed by atoms with Crippen molar-refractivity contribution in [2.45, 2.75) is 26.2 Å². The number of rotatable bonds is 4. The predicted molar refractivity (Wildman–Crippen MR) is 75.6 cm³/mol. The van der Waals surface area contributed by atoms with E-state index < -0.39 is 0 Å². The average molecular weight is 312 g/mol. The molecular weight excluding hydrogens is 294 g/mol. The van der Waals surface area contributed by atoms with E-state index in [1.165, 1.54) is 0 Å². The van der Waals surface area contributed by atoms with Crippen LogP contribution >= 0.6 is 15.9 Å². The summed E-state index contributed by atoms with van der Waals surface area (Å²) in [4.78, 5) is 18.0. The predicted octanol–water partition coefficient (Wildman–Crippen LogP) is 2.58. The maximum Gasteiger partial charge on any atom is 0.224 e. The van der Waals surface area contributed by atoms with Crippen LogP contribution in [0, 0.1) is 6.92 Å². The largest absolute Gasteiger partial charge is 0.370 e. The van der Waals surface area contributed by atoms with Gasteiger partial charge in [0.1, 0.15) is 5.82 Å². The quantitative estimate of drug-likeness (QED) is 0.929. The Morgan fingerprint density at radius 1 is 1.50 bits per heavy atom. The molecule has 1 aromatic heterocycles. The molecule has 1 aliphatic heterocycles. The van der Waals surface area contributed by atoms with Gasteiger partial charge in [-0.05, 0) is 47.3 Å². The SMILES string of the molecule is Cc1cc(NCCC(=O)N2CCCC2)ncc1Br. The lowest BCUT2D eigenvalue weighted by Crippen LogP contribution is -2.29. The highest BCUT2D eigenvalue weighted by Crippen LogP contribution is 2.17. The molecule has 1 N–H and O–H groups in total. The molecule has 1 fully saturated rings. The molecule has 1 saturated heterocycles. The van der Waals surface area contributed by atoms with Crippen molar-refractivity contribution in [2.24, 2.45) is 0 Å². The van der Waals surface area contributed by atoms with E-state index in [9.17, 15) is 4.79 Å². The van der Waals surface area contributed by atoms with Gasteiger partial charge >= 0.3 is 0 Å². The lowest BCUT2D eigenvalue weighted by atomic mass is 10.3. The summed E-state index contributed by atoms with van der Waals surface area (Å²) in [5, 5.41) is 3.19. The second-order valence-corrected chi connectivity index (χ2v) is 5.44. The van der Waals surface area contributed by atoms with Crippen LogP contribution in [0.25, 0.3) is 0 Å². The Kier molecular flexibility index (Phi) is 4.58. The summed E-state index contributed by atoms with van der Waals surface area (Å²) in [6, 6.07) is 1.98. The highest BCUT2D eigenvalue weighted by molar-refractivity contribution is 9.10. The third kappa shape index (κ3) is 3.45. The zero-order valence-corrected chi connectivity index (χ0v) is 12.2. The number of nitrogens with zero attached hydrogens (tertiary/aromatic N) is 2. The summed E-state index contributed by atoms with van der Waals surface area (Å²) in [7, 11) is 0. The van der Waals surface area contributed by atoms with Gasteiger partial charge in [0.15, 0.2) is 0 Å². The molecule has 98 valence electrons. The molecule has 0 saturated carbocycles. The van der Waals surface area contributed by atoms with E-state index in [0.717, 1.165) is 41.8 Å². The lowest BCUT2D eigenvalue weighted by molar-refractivity contribution is -0.129. The summed E-state index contributed by atoms with van der Waals surface area (Å²) < 4.78 is 1.00. The van der Waals surface area contributed by atoms with Crippen molar-refractivity contribution in [3.05, 3.63) is 22.3 Å². The summed E-state index contributed by atoms with van der Waals surface area (Å²) in [6.07, 6.45) is 4.61. The van der Waals surface area contributed by atoms with Crippen LogP contribution in [-0.2, 0) is 4.79 Å². The third-order valence-corrected chi connectivity index (χ3v) is 3.98. The fourth-order valence-corrected chi connectivity index (χ4v) is 2.27. The number of aromatic nitrogens is 1. The molecule has 1 aliphatic rings. The summed E-state index contributed by atoms with van der Waals surface area (Å²) in [6.45, 7) is 4.51. The molecule has 0 aromatic carbocycles. The van der Waals surface area contributed by atoms with Crippen LogP contribution in [0.2, 0.25) is 0 Å². The van der Waals surface area contributed by atoms with Crippen LogP contribution in [0.4, 0.5) is 5.82 Å². The number of anilines is 1. The van der Waals surface area contributed by atoms with Crippen molar-refractivity contribution in [2.75, 3.05) is 25.0 Å². The van der Waals surface area contributed by atoms with Gasteiger partial charge in [-0.25, -0.2) is 4.98 Å². The first-order chi connectivity index (χ1) is 8.66. The van der Waals surface area contributed by atoms with Gasteiger partial charge in [-0.1, -0.05) is 0 Å². The number of hydrogen-bond donors (Lipinski definition) is 1.